The summed E-state index contributed by atoms with van der Waals surface area (Å²) in [5.74, 6) is 0.0440. The Morgan fingerprint density at radius 1 is 1.07 bits per heavy atom. The molecular formula is C31H28ClN7O5S. The van der Waals surface area contributed by atoms with Gasteiger partial charge in [0.25, 0.3) is 15.9 Å². The van der Waals surface area contributed by atoms with Crippen LogP contribution in [0.4, 0.5) is 5.88 Å². The molecule has 6 rings (SSSR count). The Hall–Kier alpha value is -5.01. The summed E-state index contributed by atoms with van der Waals surface area (Å²) in [6, 6.07) is 12.0. The normalized spacial score (nSPS) is 11.7. The summed E-state index contributed by atoms with van der Waals surface area (Å²) in [6.07, 6.45) is 4.44. The van der Waals surface area contributed by atoms with E-state index in [1.54, 1.807) is 69.9 Å². The molecule has 1 N–H and O–H groups in total. The zero-order chi connectivity index (χ0) is 32.0. The van der Waals surface area contributed by atoms with E-state index in [-0.39, 0.29) is 33.8 Å². The van der Waals surface area contributed by atoms with Gasteiger partial charge in [-0.1, -0.05) is 41.0 Å². The highest BCUT2D eigenvalue weighted by Gasteiger charge is 2.26. The van der Waals surface area contributed by atoms with Crippen molar-refractivity contribution < 1.29 is 22.2 Å². The van der Waals surface area contributed by atoms with E-state index in [0.29, 0.717) is 56.1 Å². The van der Waals surface area contributed by atoms with E-state index in [1.807, 2.05) is 6.07 Å². The fourth-order valence-corrected chi connectivity index (χ4v) is 6.77. The lowest BCUT2D eigenvalue weighted by Gasteiger charge is -2.21. The largest absolute Gasteiger partial charge is 0.445 e. The van der Waals surface area contributed by atoms with Gasteiger partial charge >= 0.3 is 0 Å². The summed E-state index contributed by atoms with van der Waals surface area (Å²) in [6.45, 7) is 5.34. The lowest BCUT2D eigenvalue weighted by molar-refractivity contribution is 0.0785. The fourth-order valence-electron chi connectivity index (χ4n) is 5.15. The number of rotatable bonds is 8. The second-order valence-corrected chi connectivity index (χ2v) is 12.6. The van der Waals surface area contributed by atoms with Crippen LogP contribution in [0.3, 0.4) is 0 Å². The molecule has 0 bridgehead atoms. The zero-order valence-corrected chi connectivity index (χ0v) is 26.6. The minimum atomic E-state index is -4.12. The van der Waals surface area contributed by atoms with Gasteiger partial charge in [0.05, 0.1) is 38.5 Å². The summed E-state index contributed by atoms with van der Waals surface area (Å²) < 4.78 is 42.3. The Bertz CT molecular complexity index is 2190. The lowest BCUT2D eigenvalue weighted by Crippen LogP contribution is -2.27. The van der Waals surface area contributed by atoms with Gasteiger partial charge in [0.2, 0.25) is 11.8 Å². The van der Waals surface area contributed by atoms with Crippen molar-refractivity contribution in [3.63, 3.8) is 0 Å². The van der Waals surface area contributed by atoms with Gasteiger partial charge < -0.3 is 13.8 Å². The average Bonchev–Trinajstić information content (AvgIpc) is 3.74. The van der Waals surface area contributed by atoms with Gasteiger partial charge in [-0.3, -0.25) is 9.48 Å². The SMILES string of the molecule is Cc1noc(NS(=O)(=O)c2ccccc2-c2ccc(-c3ncco3)cc2CN(C)C(=O)c2cnc3c(c(C)nn3C)c2Cl)c1C. The monoisotopic (exact) mass is 645 g/mol. The molecule has 230 valence electrons. The molecule has 4 heterocycles. The van der Waals surface area contributed by atoms with Crippen molar-refractivity contribution >= 4 is 44.4 Å². The van der Waals surface area contributed by atoms with Crippen molar-refractivity contribution in [3.8, 4) is 22.6 Å². The van der Waals surface area contributed by atoms with Gasteiger partial charge in [0.15, 0.2) is 5.65 Å². The van der Waals surface area contributed by atoms with Crippen LogP contribution in [-0.2, 0) is 23.6 Å². The van der Waals surface area contributed by atoms with Crippen molar-refractivity contribution in [1.82, 2.24) is 29.8 Å². The van der Waals surface area contributed by atoms with Gasteiger partial charge in [-0.25, -0.2) is 23.1 Å². The number of nitrogens with zero attached hydrogens (tertiary/aromatic N) is 6. The third kappa shape index (κ3) is 5.44. The molecule has 0 radical (unpaired) electrons. The van der Waals surface area contributed by atoms with Crippen LogP contribution < -0.4 is 4.72 Å². The van der Waals surface area contributed by atoms with Crippen molar-refractivity contribution in [2.24, 2.45) is 7.05 Å². The van der Waals surface area contributed by atoms with Crippen molar-refractivity contribution in [3.05, 3.63) is 94.2 Å². The molecule has 14 heteroatoms. The first-order valence-corrected chi connectivity index (χ1v) is 15.6. The van der Waals surface area contributed by atoms with Gasteiger partial charge in [0.1, 0.15) is 6.26 Å². The number of amides is 1. The summed E-state index contributed by atoms with van der Waals surface area (Å²) in [4.78, 5) is 24.0. The summed E-state index contributed by atoms with van der Waals surface area (Å²) in [5, 5.41) is 9.09. The molecular weight excluding hydrogens is 618 g/mol. The molecule has 0 spiro atoms. The zero-order valence-electron chi connectivity index (χ0n) is 25.0. The Morgan fingerprint density at radius 2 is 1.84 bits per heavy atom. The van der Waals surface area contributed by atoms with Crippen molar-refractivity contribution in [1.29, 1.82) is 0 Å². The number of fused-ring (bicyclic) bond motifs is 1. The molecule has 1 amide bonds. The molecule has 0 fully saturated rings. The Balaban J connectivity index is 1.42. The molecule has 12 nitrogen and oxygen atoms in total. The maximum atomic E-state index is 13.8. The maximum absolute atomic E-state index is 13.8. The number of aryl methyl sites for hydroxylation is 3. The number of sulfonamides is 1. The van der Waals surface area contributed by atoms with E-state index in [1.165, 1.54) is 29.6 Å². The highest BCUT2D eigenvalue weighted by Crippen LogP contribution is 2.35. The van der Waals surface area contributed by atoms with Gasteiger partial charge in [-0.05, 0) is 50.1 Å². The lowest BCUT2D eigenvalue weighted by atomic mass is 9.96. The van der Waals surface area contributed by atoms with E-state index in [4.69, 9.17) is 20.5 Å². The third-order valence-corrected chi connectivity index (χ3v) is 9.37. The molecule has 0 aliphatic rings. The highest BCUT2D eigenvalue weighted by molar-refractivity contribution is 7.92. The van der Waals surface area contributed by atoms with Crippen LogP contribution in [0.2, 0.25) is 5.02 Å². The van der Waals surface area contributed by atoms with Crippen LogP contribution in [0.15, 0.2) is 75.0 Å². The molecule has 6 aromatic rings. The maximum Gasteiger partial charge on any atom is 0.264 e. The molecule has 0 atom stereocenters. The number of anilines is 1. The molecule has 0 aliphatic heterocycles. The van der Waals surface area contributed by atoms with Crippen molar-refractivity contribution in [2.45, 2.75) is 32.2 Å². The van der Waals surface area contributed by atoms with E-state index >= 15 is 0 Å². The molecule has 0 aliphatic carbocycles. The second-order valence-electron chi connectivity index (χ2n) is 10.6. The minimum absolute atomic E-state index is 0.0160. The van der Waals surface area contributed by atoms with Crippen LogP contribution >= 0.6 is 11.6 Å². The van der Waals surface area contributed by atoms with Crippen LogP contribution in [0, 0.1) is 20.8 Å². The number of hydrogen-bond acceptors (Lipinski definition) is 9. The quantitative estimate of drug-likeness (QED) is 0.212. The predicted octanol–water partition coefficient (Wildman–Crippen LogP) is 5.93. The van der Waals surface area contributed by atoms with Gasteiger partial charge in [0, 0.05) is 43.5 Å². The first-order valence-electron chi connectivity index (χ1n) is 13.8. The van der Waals surface area contributed by atoms with Crippen LogP contribution in [-0.4, -0.2) is 51.2 Å². The first-order chi connectivity index (χ1) is 21.5. The summed E-state index contributed by atoms with van der Waals surface area (Å²) >= 11 is 6.72. The molecule has 0 unspecified atom stereocenters. The van der Waals surface area contributed by atoms with E-state index in [2.05, 4.69) is 24.9 Å². The predicted molar refractivity (Wildman–Crippen MR) is 168 cm³/mol. The van der Waals surface area contributed by atoms with Gasteiger partial charge in [-0.15, -0.1) is 0 Å². The number of nitrogens with one attached hydrogen (secondary N) is 1. The Labute approximate surface area is 263 Å². The van der Waals surface area contributed by atoms with Crippen LogP contribution in [0.1, 0.15) is 32.9 Å². The molecule has 0 saturated carbocycles. The van der Waals surface area contributed by atoms with Crippen LogP contribution in [0.25, 0.3) is 33.6 Å². The van der Waals surface area contributed by atoms with Gasteiger partial charge in [-0.2, -0.15) is 5.10 Å². The van der Waals surface area contributed by atoms with E-state index in [9.17, 15) is 13.2 Å². The fraction of sp³-hybridized carbons (Fsp3) is 0.194. The number of pyridine rings is 1. The second kappa shape index (κ2) is 11.5. The number of oxazole rings is 1. The highest BCUT2D eigenvalue weighted by atomic mass is 35.5. The Morgan fingerprint density at radius 3 is 2.56 bits per heavy atom. The smallest absolute Gasteiger partial charge is 0.264 e. The molecule has 4 aromatic heterocycles. The number of halogens is 1. The van der Waals surface area contributed by atoms with Crippen molar-refractivity contribution in [2.75, 3.05) is 11.8 Å². The minimum Gasteiger partial charge on any atom is -0.445 e. The molecule has 45 heavy (non-hydrogen) atoms. The van der Waals surface area contributed by atoms with Crippen LogP contribution in [0.5, 0.6) is 0 Å². The number of carbonyl (C=O) groups is 1. The Kier molecular flexibility index (Phi) is 7.67. The number of aromatic nitrogens is 5. The average molecular weight is 646 g/mol. The number of benzene rings is 2. The standard InChI is InChI=1S/C31H28ClN7O5S/c1-17-18(2)36-44-29(17)37-45(41,42)25-9-7-6-8-23(25)22-11-10-20(30-33-12-13-43-30)14-21(22)16-38(4)31(40)24-15-34-28-26(27(24)32)19(3)35-39(28)5/h6-15,37H,16H2,1-5H3. The third-order valence-electron chi connectivity index (χ3n) is 7.58. The van der Waals surface area contributed by atoms with E-state index in [0.717, 1.165) is 0 Å². The number of carbonyl (C=O) groups excluding carboxylic acids is 1. The topological polar surface area (TPSA) is 149 Å². The number of hydrogen-bond donors (Lipinski definition) is 1. The summed E-state index contributed by atoms with van der Waals surface area (Å²) in [5.41, 5.74) is 4.89. The summed E-state index contributed by atoms with van der Waals surface area (Å²) in [7, 11) is -0.718. The molecule has 2 aromatic carbocycles. The molecule has 0 saturated heterocycles. The van der Waals surface area contributed by atoms with E-state index < -0.39 is 10.0 Å². The first kappa shape index (κ1) is 30.0.